The SMILES string of the molecule is [3H][C@@H]1O[C@@]2(COC)CN(C)O[C@H]1C2OC. The number of rotatable bonds is 3. The van der Waals surface area contributed by atoms with Crippen molar-refractivity contribution >= 4 is 0 Å². The van der Waals surface area contributed by atoms with Crippen LogP contribution >= 0.6 is 0 Å². The molecule has 4 atom stereocenters. The van der Waals surface area contributed by atoms with Crippen LogP contribution in [-0.4, -0.2) is 63.9 Å². The molecular weight excluding hydrogens is 186 g/mol. The smallest absolute Gasteiger partial charge is 0.135 e. The van der Waals surface area contributed by atoms with Crippen molar-refractivity contribution in [1.29, 1.82) is 0 Å². The molecule has 5 heteroatoms. The normalized spacial score (nSPS) is 49.4. The molecule has 82 valence electrons. The van der Waals surface area contributed by atoms with Crippen LogP contribution in [0.15, 0.2) is 0 Å². The Morgan fingerprint density at radius 3 is 3.07 bits per heavy atom. The molecule has 0 saturated carbocycles. The van der Waals surface area contributed by atoms with Crippen LogP contribution < -0.4 is 0 Å². The molecule has 2 fully saturated rings. The van der Waals surface area contributed by atoms with E-state index in [2.05, 4.69) is 0 Å². The van der Waals surface area contributed by atoms with Gasteiger partial charge in [-0.25, -0.2) is 0 Å². The van der Waals surface area contributed by atoms with E-state index in [0.717, 1.165) is 0 Å². The fourth-order valence-electron chi connectivity index (χ4n) is 2.22. The van der Waals surface area contributed by atoms with E-state index in [0.29, 0.717) is 13.2 Å². The maximum Gasteiger partial charge on any atom is 0.135 e. The van der Waals surface area contributed by atoms with Crippen molar-refractivity contribution in [3.8, 4) is 0 Å². The van der Waals surface area contributed by atoms with Crippen LogP contribution in [0.1, 0.15) is 1.37 Å². The van der Waals surface area contributed by atoms with E-state index in [1.165, 1.54) is 0 Å². The van der Waals surface area contributed by atoms with Gasteiger partial charge in [-0.15, -0.1) is 0 Å². The van der Waals surface area contributed by atoms with Crippen molar-refractivity contribution in [2.24, 2.45) is 0 Å². The highest BCUT2D eigenvalue weighted by molar-refractivity contribution is 5.03. The molecule has 0 amide bonds. The van der Waals surface area contributed by atoms with Crippen molar-refractivity contribution in [1.82, 2.24) is 5.06 Å². The zero-order valence-electron chi connectivity index (χ0n) is 9.73. The number of hydrogen-bond acceptors (Lipinski definition) is 5. The third-order valence-electron chi connectivity index (χ3n) is 2.69. The Bertz CT molecular complexity index is 238. The summed E-state index contributed by atoms with van der Waals surface area (Å²) in [6.07, 6.45) is -0.611. The largest absolute Gasteiger partial charge is 0.382 e. The van der Waals surface area contributed by atoms with Crippen molar-refractivity contribution in [2.75, 3.05) is 41.0 Å². The van der Waals surface area contributed by atoms with Crippen molar-refractivity contribution in [3.05, 3.63) is 0 Å². The van der Waals surface area contributed by atoms with E-state index in [4.69, 9.17) is 20.4 Å². The van der Waals surface area contributed by atoms with Crippen LogP contribution in [0, 0.1) is 0 Å². The first kappa shape index (κ1) is 9.06. The molecule has 0 spiro atoms. The molecule has 5 nitrogen and oxygen atoms in total. The molecule has 2 saturated heterocycles. The maximum absolute atomic E-state index is 7.78. The molecule has 0 aromatic rings. The van der Waals surface area contributed by atoms with E-state index in [1.54, 1.807) is 19.3 Å². The zero-order chi connectivity index (χ0) is 11.1. The highest BCUT2D eigenvalue weighted by atomic mass is 16.7. The minimum atomic E-state index is -0.713. The van der Waals surface area contributed by atoms with Crippen molar-refractivity contribution in [3.63, 3.8) is 0 Å². The topological polar surface area (TPSA) is 40.2 Å². The van der Waals surface area contributed by atoms with E-state index in [-0.39, 0.29) is 12.2 Å². The lowest BCUT2D eigenvalue weighted by molar-refractivity contribution is -0.261. The predicted octanol–water partition coefficient (Wildman–Crippen LogP) is -0.338. The summed E-state index contributed by atoms with van der Waals surface area (Å²) in [4.78, 5) is 5.50. The highest BCUT2D eigenvalue weighted by Crippen LogP contribution is 2.35. The Morgan fingerprint density at radius 2 is 2.43 bits per heavy atom. The molecular formula is C9H17NO4. The Balaban J connectivity index is 2.24. The molecule has 0 aromatic carbocycles. The van der Waals surface area contributed by atoms with Gasteiger partial charge in [-0.05, 0) is 0 Å². The van der Waals surface area contributed by atoms with Gasteiger partial charge in [0.1, 0.15) is 17.8 Å². The van der Waals surface area contributed by atoms with E-state index < -0.39 is 12.2 Å². The van der Waals surface area contributed by atoms with Gasteiger partial charge in [-0.1, -0.05) is 0 Å². The van der Waals surface area contributed by atoms with Gasteiger partial charge in [-0.3, -0.25) is 4.84 Å². The summed E-state index contributed by atoms with van der Waals surface area (Å²) in [6, 6.07) is 0. The molecule has 2 bridgehead atoms. The van der Waals surface area contributed by atoms with Gasteiger partial charge in [0, 0.05) is 21.3 Å². The lowest BCUT2D eigenvalue weighted by atomic mass is 9.95. The lowest BCUT2D eigenvalue weighted by Crippen LogP contribution is -2.59. The summed E-state index contributed by atoms with van der Waals surface area (Å²) in [5.41, 5.74) is -0.576. The Morgan fingerprint density at radius 1 is 1.64 bits per heavy atom. The average Bonchev–Trinajstić information content (AvgIpc) is 2.32. The van der Waals surface area contributed by atoms with Gasteiger partial charge in [0.25, 0.3) is 0 Å². The van der Waals surface area contributed by atoms with Crippen LogP contribution in [0.4, 0.5) is 0 Å². The molecule has 0 aromatic heterocycles. The number of ether oxygens (including phenoxy) is 3. The van der Waals surface area contributed by atoms with Crippen LogP contribution in [0.3, 0.4) is 0 Å². The summed E-state index contributed by atoms with van der Waals surface area (Å²) in [6.45, 7) is 0.242. The van der Waals surface area contributed by atoms with E-state index >= 15 is 0 Å². The summed E-state index contributed by atoms with van der Waals surface area (Å²) < 4.78 is 24.0. The third kappa shape index (κ3) is 1.45. The molecule has 14 heavy (non-hydrogen) atoms. The van der Waals surface area contributed by atoms with Gasteiger partial charge in [-0.2, -0.15) is 5.06 Å². The fourth-order valence-corrected chi connectivity index (χ4v) is 2.22. The van der Waals surface area contributed by atoms with Gasteiger partial charge >= 0.3 is 0 Å². The first-order chi connectivity index (χ1) is 7.13. The van der Waals surface area contributed by atoms with Crippen molar-refractivity contribution < 1.29 is 20.4 Å². The van der Waals surface area contributed by atoms with Gasteiger partial charge < -0.3 is 14.2 Å². The molecule has 2 rings (SSSR count). The van der Waals surface area contributed by atoms with E-state index in [9.17, 15) is 0 Å². The average molecular weight is 205 g/mol. The third-order valence-corrected chi connectivity index (χ3v) is 2.69. The summed E-state index contributed by atoms with van der Waals surface area (Å²) in [7, 11) is 5.05. The standard InChI is InChI=1S/C9H17NO4/c1-10-5-9(6-11-2)8(12-3)7(14-10)4-13-9/h7-8H,4-6H2,1-3H3/t7-,8?,9-/m1/s1/i4T/t4-,7+,8?,9+/m0. The van der Waals surface area contributed by atoms with Crippen molar-refractivity contribution in [2.45, 2.75) is 17.8 Å². The van der Waals surface area contributed by atoms with E-state index in [1.807, 2.05) is 7.05 Å². The molecule has 2 aliphatic rings. The zero-order valence-corrected chi connectivity index (χ0v) is 8.73. The summed E-state index contributed by atoms with van der Waals surface area (Å²) in [5.74, 6) is 0. The Hall–Kier alpha value is -0.200. The fraction of sp³-hybridized carbons (Fsp3) is 1.00. The summed E-state index contributed by atoms with van der Waals surface area (Å²) in [5, 5.41) is 1.69. The molecule has 0 N–H and O–H groups in total. The number of likely N-dealkylation sites (N-methyl/N-ethyl adjacent to an activating group) is 1. The first-order valence-electron chi connectivity index (χ1n) is 5.20. The lowest BCUT2D eigenvalue weighted by Gasteiger charge is -2.41. The number of hydrogen-bond donors (Lipinski definition) is 0. The second-order valence-electron chi connectivity index (χ2n) is 3.76. The maximum atomic E-state index is 7.78. The van der Waals surface area contributed by atoms with Crippen LogP contribution in [-0.2, 0) is 19.0 Å². The minimum absolute atomic E-state index is 0.240. The minimum Gasteiger partial charge on any atom is -0.382 e. The number of hydroxylamine groups is 2. The Labute approximate surface area is 85.2 Å². The molecule has 2 aliphatic heterocycles. The number of nitrogens with zero attached hydrogens (tertiary/aromatic N) is 1. The van der Waals surface area contributed by atoms with Gasteiger partial charge in [0.2, 0.25) is 0 Å². The summed E-state index contributed by atoms with van der Waals surface area (Å²) >= 11 is 0. The predicted molar refractivity (Wildman–Crippen MR) is 48.9 cm³/mol. The number of methoxy groups -OCH3 is 2. The second kappa shape index (κ2) is 3.75. The monoisotopic (exact) mass is 205 g/mol. The molecule has 1 unspecified atom stereocenters. The highest BCUT2D eigenvalue weighted by Gasteiger charge is 2.56. The molecule has 0 aliphatic carbocycles. The van der Waals surface area contributed by atoms with Crippen LogP contribution in [0.2, 0.25) is 0 Å². The van der Waals surface area contributed by atoms with Gasteiger partial charge in [0.05, 0.1) is 21.1 Å². The Kier molecular flexibility index (Phi) is 2.43. The van der Waals surface area contributed by atoms with Crippen LogP contribution in [0.25, 0.3) is 0 Å². The first-order valence-corrected chi connectivity index (χ1v) is 4.62. The quantitative estimate of drug-likeness (QED) is 0.630. The van der Waals surface area contributed by atoms with Gasteiger partial charge in [0.15, 0.2) is 0 Å². The number of fused-ring (bicyclic) bond motifs is 2. The molecule has 2 heterocycles. The molecule has 0 radical (unpaired) electrons. The second-order valence-corrected chi connectivity index (χ2v) is 3.76. The van der Waals surface area contributed by atoms with Crippen LogP contribution in [0.5, 0.6) is 0 Å².